The summed E-state index contributed by atoms with van der Waals surface area (Å²) >= 11 is 0. The number of carbonyl (C=O) groups excluding carboxylic acids is 1. The first-order valence-electron chi connectivity index (χ1n) is 7.56. The fourth-order valence-corrected chi connectivity index (χ4v) is 2.48. The second-order valence-corrected chi connectivity index (χ2v) is 8.98. The van der Waals surface area contributed by atoms with Gasteiger partial charge in [-0.15, -0.1) is 0 Å². The van der Waals surface area contributed by atoms with E-state index < -0.39 is 5.97 Å². The summed E-state index contributed by atoms with van der Waals surface area (Å²) in [4.78, 5) is 11.8. The van der Waals surface area contributed by atoms with Crippen LogP contribution in [0.5, 0.6) is 0 Å². The maximum Gasteiger partial charge on any atom is 1.00 e. The Kier molecular flexibility index (Phi) is 6.57. The van der Waals surface area contributed by atoms with Crippen LogP contribution in [0.15, 0.2) is 12.1 Å². The van der Waals surface area contributed by atoms with Crippen LogP contribution in [0.4, 0.5) is 0 Å². The van der Waals surface area contributed by atoms with Crippen LogP contribution in [-0.2, 0) is 16.2 Å². The van der Waals surface area contributed by atoms with Crippen molar-refractivity contribution in [1.82, 2.24) is 0 Å². The summed E-state index contributed by atoms with van der Waals surface area (Å²) in [7, 11) is 0. The zero-order valence-corrected chi connectivity index (χ0v) is 18.0. The van der Waals surface area contributed by atoms with Crippen molar-refractivity contribution in [3.63, 3.8) is 0 Å². The van der Waals surface area contributed by atoms with Crippen LogP contribution >= 0.6 is 0 Å². The summed E-state index contributed by atoms with van der Waals surface area (Å²) in [6.45, 7) is 18.8. The van der Waals surface area contributed by atoms with Crippen molar-refractivity contribution in [1.29, 1.82) is 0 Å². The monoisotopic (exact) mass is 312 g/mol. The van der Waals surface area contributed by atoms with E-state index in [1.807, 2.05) is 53.7 Å². The fraction of sp³-hybridized carbons (Fsp3) is 0.632. The summed E-state index contributed by atoms with van der Waals surface area (Å²) in [6.07, 6.45) is 0. The molecule has 0 spiro atoms. The zero-order valence-electron chi connectivity index (χ0n) is 16.0. The van der Waals surface area contributed by atoms with Crippen LogP contribution < -0.4 is 34.7 Å². The smallest absolute Gasteiger partial charge is 0.545 e. The molecule has 0 aliphatic rings. The van der Waals surface area contributed by atoms with E-state index in [9.17, 15) is 9.90 Å². The van der Waals surface area contributed by atoms with E-state index in [-0.39, 0.29) is 45.8 Å². The second kappa shape index (κ2) is 6.67. The largest absolute Gasteiger partial charge is 1.00 e. The van der Waals surface area contributed by atoms with Gasteiger partial charge in [-0.05, 0) is 32.9 Å². The number of carboxylic acid groups (broad SMARTS) is 1. The van der Waals surface area contributed by atoms with Gasteiger partial charge in [0.05, 0.1) is 5.97 Å². The zero-order chi connectivity index (χ0) is 16.8. The third-order valence-corrected chi connectivity index (χ3v) is 3.82. The summed E-state index contributed by atoms with van der Waals surface area (Å²) in [6, 6.07) is 4.08. The number of benzene rings is 1. The van der Waals surface area contributed by atoms with Crippen molar-refractivity contribution in [3.05, 3.63) is 34.4 Å². The van der Waals surface area contributed by atoms with Gasteiger partial charge in [-0.1, -0.05) is 74.4 Å². The molecule has 1 rings (SSSR count). The molecule has 3 heteroatoms. The number of aromatic carboxylic acids is 1. The Morgan fingerprint density at radius 2 is 1.09 bits per heavy atom. The van der Waals surface area contributed by atoms with Crippen molar-refractivity contribution in [2.24, 2.45) is 0 Å². The number of carboxylic acids is 1. The molecule has 0 saturated heterocycles. The molecule has 22 heavy (non-hydrogen) atoms. The Labute approximate surface area is 158 Å². The average molecular weight is 312 g/mol. The second-order valence-electron chi connectivity index (χ2n) is 8.98. The summed E-state index contributed by atoms with van der Waals surface area (Å²) in [5.74, 6) is -1.08. The van der Waals surface area contributed by atoms with E-state index in [1.165, 1.54) is 5.56 Å². The molecular formula is C19H29NaO2. The molecule has 0 atom stereocenters. The van der Waals surface area contributed by atoms with Crippen LogP contribution in [-0.4, -0.2) is 5.97 Å². The molecule has 0 aromatic heterocycles. The van der Waals surface area contributed by atoms with Crippen LogP contribution in [0, 0.1) is 0 Å². The van der Waals surface area contributed by atoms with Crippen LogP contribution in [0.25, 0.3) is 0 Å². The third-order valence-electron chi connectivity index (χ3n) is 3.82. The molecule has 1 aromatic rings. The predicted octanol–water partition coefficient (Wildman–Crippen LogP) is 0.947. The Morgan fingerprint density at radius 1 is 0.773 bits per heavy atom. The maximum absolute atomic E-state index is 11.8. The minimum Gasteiger partial charge on any atom is -0.545 e. The van der Waals surface area contributed by atoms with E-state index in [2.05, 4.69) is 20.8 Å². The van der Waals surface area contributed by atoms with Gasteiger partial charge in [0.15, 0.2) is 0 Å². The Morgan fingerprint density at radius 3 is 1.27 bits per heavy atom. The average Bonchev–Trinajstić information content (AvgIpc) is 2.23. The normalized spacial score (nSPS) is 12.8. The third kappa shape index (κ3) is 4.84. The topological polar surface area (TPSA) is 40.1 Å². The van der Waals surface area contributed by atoms with Gasteiger partial charge in [0, 0.05) is 5.56 Å². The number of hydrogen-bond donors (Lipinski definition) is 0. The van der Waals surface area contributed by atoms with Crippen molar-refractivity contribution in [2.75, 3.05) is 0 Å². The first-order chi connectivity index (χ1) is 9.15. The summed E-state index contributed by atoms with van der Waals surface area (Å²) in [5.41, 5.74) is 2.75. The van der Waals surface area contributed by atoms with Gasteiger partial charge >= 0.3 is 29.6 Å². The van der Waals surface area contributed by atoms with Crippen LogP contribution in [0.1, 0.15) is 89.4 Å². The van der Waals surface area contributed by atoms with Crippen molar-refractivity contribution < 1.29 is 39.5 Å². The van der Waals surface area contributed by atoms with E-state index in [0.29, 0.717) is 5.56 Å². The molecule has 0 radical (unpaired) electrons. The molecule has 2 nitrogen and oxygen atoms in total. The predicted molar refractivity (Wildman–Crippen MR) is 86.9 cm³/mol. The molecule has 0 N–H and O–H groups in total. The fourth-order valence-electron chi connectivity index (χ4n) is 2.48. The first-order valence-corrected chi connectivity index (χ1v) is 7.56. The van der Waals surface area contributed by atoms with Crippen molar-refractivity contribution in [2.45, 2.75) is 78.6 Å². The van der Waals surface area contributed by atoms with Gasteiger partial charge in [0.25, 0.3) is 0 Å². The molecule has 0 aliphatic heterocycles. The van der Waals surface area contributed by atoms with Gasteiger partial charge in [0.2, 0.25) is 0 Å². The molecule has 0 aliphatic carbocycles. The van der Waals surface area contributed by atoms with Gasteiger partial charge in [0.1, 0.15) is 0 Å². The van der Waals surface area contributed by atoms with Crippen molar-refractivity contribution in [3.8, 4) is 0 Å². The molecule has 0 amide bonds. The van der Waals surface area contributed by atoms with E-state index in [1.54, 1.807) is 0 Å². The SMILES string of the molecule is CC(C)(C)c1cc(C(C)(C)C)c(C(=O)[O-])c(C(C)(C)C)c1.[Na+]. The number of hydrogen-bond acceptors (Lipinski definition) is 2. The Balaban J connectivity index is 0.00000441. The molecule has 0 bridgehead atoms. The quantitative estimate of drug-likeness (QED) is 0.724. The molecule has 0 heterocycles. The van der Waals surface area contributed by atoms with Crippen LogP contribution in [0.3, 0.4) is 0 Å². The molecule has 0 unspecified atom stereocenters. The minimum atomic E-state index is -1.08. The standard InChI is InChI=1S/C19H30O2.Na/c1-17(2,3)12-10-13(18(4,5)6)15(16(20)21)14(11-12)19(7,8)9;/h10-11H,1-9H3,(H,20,21);/q;+1/p-1. The van der Waals surface area contributed by atoms with E-state index >= 15 is 0 Å². The molecular weight excluding hydrogens is 283 g/mol. The van der Waals surface area contributed by atoms with Crippen molar-refractivity contribution >= 4 is 5.97 Å². The Hall–Kier alpha value is -0.310. The summed E-state index contributed by atoms with van der Waals surface area (Å²) in [5, 5.41) is 11.8. The van der Waals surface area contributed by atoms with Gasteiger partial charge in [-0.25, -0.2) is 0 Å². The van der Waals surface area contributed by atoms with E-state index in [4.69, 9.17) is 0 Å². The van der Waals surface area contributed by atoms with E-state index in [0.717, 1.165) is 11.1 Å². The Bertz CT molecular complexity index is 517. The van der Waals surface area contributed by atoms with Crippen LogP contribution in [0.2, 0.25) is 0 Å². The molecule has 118 valence electrons. The minimum absolute atomic E-state index is 0. The summed E-state index contributed by atoms with van der Waals surface area (Å²) < 4.78 is 0. The molecule has 0 saturated carbocycles. The van der Waals surface area contributed by atoms with Gasteiger partial charge in [-0.3, -0.25) is 0 Å². The molecule has 0 fully saturated rings. The maximum atomic E-state index is 11.8. The number of carbonyl (C=O) groups is 1. The van der Waals surface area contributed by atoms with Gasteiger partial charge in [-0.2, -0.15) is 0 Å². The first kappa shape index (κ1) is 21.7. The van der Waals surface area contributed by atoms with Gasteiger partial charge < -0.3 is 9.90 Å². The molecule has 1 aromatic carbocycles. The number of rotatable bonds is 1.